The van der Waals surface area contributed by atoms with Crippen molar-refractivity contribution in [3.05, 3.63) is 35.5 Å². The van der Waals surface area contributed by atoms with Gasteiger partial charge in [0.2, 0.25) is 5.89 Å². The van der Waals surface area contributed by atoms with Crippen LogP contribution in [0.15, 0.2) is 22.6 Å². The molecule has 0 aliphatic rings. The van der Waals surface area contributed by atoms with Gasteiger partial charge in [-0.05, 0) is 32.5 Å². The lowest BCUT2D eigenvalue weighted by Gasteiger charge is -2.03. The van der Waals surface area contributed by atoms with Gasteiger partial charge in [0.25, 0.3) is 5.89 Å². The van der Waals surface area contributed by atoms with Crippen LogP contribution in [0, 0.1) is 12.7 Å². The van der Waals surface area contributed by atoms with Gasteiger partial charge in [-0.3, -0.25) is 0 Å². The van der Waals surface area contributed by atoms with Crippen LogP contribution < -0.4 is 5.32 Å². The number of benzene rings is 1. The summed E-state index contributed by atoms with van der Waals surface area (Å²) in [6, 6.07) is 5.04. The second-order valence-corrected chi connectivity index (χ2v) is 3.89. The van der Waals surface area contributed by atoms with E-state index in [0.29, 0.717) is 17.0 Å². The fourth-order valence-electron chi connectivity index (χ4n) is 1.45. The predicted molar refractivity (Wildman–Crippen MR) is 61.9 cm³/mol. The zero-order chi connectivity index (χ0) is 12.4. The Morgan fingerprint density at radius 2 is 2.12 bits per heavy atom. The lowest BCUT2D eigenvalue weighted by molar-refractivity contribution is 0.439. The van der Waals surface area contributed by atoms with Gasteiger partial charge in [-0.2, -0.15) is 0 Å². The molecule has 0 saturated heterocycles. The van der Waals surface area contributed by atoms with Crippen LogP contribution in [-0.2, 0) is 0 Å². The molecule has 4 nitrogen and oxygen atoms in total. The van der Waals surface area contributed by atoms with Gasteiger partial charge >= 0.3 is 0 Å². The van der Waals surface area contributed by atoms with Crippen LogP contribution in [0.4, 0.5) is 4.39 Å². The Bertz CT molecular complexity index is 524. The number of rotatable bonds is 3. The lowest BCUT2D eigenvalue weighted by atomic mass is 10.1. The summed E-state index contributed by atoms with van der Waals surface area (Å²) in [6.45, 7) is 3.59. The van der Waals surface area contributed by atoms with E-state index in [9.17, 15) is 4.39 Å². The molecule has 1 unspecified atom stereocenters. The van der Waals surface area contributed by atoms with Crippen molar-refractivity contribution in [1.82, 2.24) is 15.5 Å². The van der Waals surface area contributed by atoms with Gasteiger partial charge in [0, 0.05) is 0 Å². The van der Waals surface area contributed by atoms with Crippen LogP contribution in [0.1, 0.15) is 24.4 Å². The molecule has 2 aromatic rings. The van der Waals surface area contributed by atoms with Crippen LogP contribution in [0.3, 0.4) is 0 Å². The molecule has 1 aromatic heterocycles. The SMILES string of the molecule is CNC(C)c1nnc(-c2cccc(C)c2F)o1. The summed E-state index contributed by atoms with van der Waals surface area (Å²) in [6.07, 6.45) is 0. The molecular weight excluding hydrogens is 221 g/mol. The largest absolute Gasteiger partial charge is 0.419 e. The van der Waals surface area contributed by atoms with E-state index in [-0.39, 0.29) is 17.7 Å². The number of hydrogen-bond acceptors (Lipinski definition) is 4. The molecule has 5 heteroatoms. The number of nitrogens with zero attached hydrogens (tertiary/aromatic N) is 2. The quantitative estimate of drug-likeness (QED) is 0.887. The first-order valence-electron chi connectivity index (χ1n) is 5.39. The van der Waals surface area contributed by atoms with Crippen molar-refractivity contribution in [3.63, 3.8) is 0 Å². The van der Waals surface area contributed by atoms with Crippen LogP contribution >= 0.6 is 0 Å². The van der Waals surface area contributed by atoms with E-state index in [1.54, 1.807) is 32.2 Å². The Hall–Kier alpha value is -1.75. The number of hydrogen-bond donors (Lipinski definition) is 1. The van der Waals surface area contributed by atoms with E-state index in [2.05, 4.69) is 15.5 Å². The summed E-state index contributed by atoms with van der Waals surface area (Å²) in [5.41, 5.74) is 0.899. The van der Waals surface area contributed by atoms with Gasteiger partial charge in [-0.1, -0.05) is 12.1 Å². The second kappa shape index (κ2) is 4.63. The molecule has 2 rings (SSSR count). The number of aromatic nitrogens is 2. The normalized spacial score (nSPS) is 12.7. The molecule has 0 fully saturated rings. The fourth-order valence-corrected chi connectivity index (χ4v) is 1.45. The van der Waals surface area contributed by atoms with Crippen molar-refractivity contribution in [2.45, 2.75) is 19.9 Å². The fraction of sp³-hybridized carbons (Fsp3) is 0.333. The molecule has 0 bridgehead atoms. The van der Waals surface area contributed by atoms with Crippen LogP contribution in [0.5, 0.6) is 0 Å². The third kappa shape index (κ3) is 2.19. The van der Waals surface area contributed by atoms with Crippen molar-refractivity contribution in [2.75, 3.05) is 7.05 Å². The highest BCUT2D eigenvalue weighted by atomic mass is 19.1. The topological polar surface area (TPSA) is 51.0 Å². The molecular formula is C12H14FN3O. The van der Waals surface area contributed by atoms with Gasteiger partial charge in [-0.15, -0.1) is 10.2 Å². The zero-order valence-electron chi connectivity index (χ0n) is 9.99. The number of aryl methyl sites for hydroxylation is 1. The van der Waals surface area contributed by atoms with E-state index in [0.717, 1.165) is 0 Å². The minimum absolute atomic E-state index is 0.0517. The van der Waals surface area contributed by atoms with Gasteiger partial charge in [-0.25, -0.2) is 4.39 Å². The zero-order valence-corrected chi connectivity index (χ0v) is 9.99. The Labute approximate surface area is 98.9 Å². The first kappa shape index (κ1) is 11.7. The molecule has 0 radical (unpaired) electrons. The van der Waals surface area contributed by atoms with Crippen LogP contribution in [-0.4, -0.2) is 17.2 Å². The van der Waals surface area contributed by atoms with Gasteiger partial charge in [0.1, 0.15) is 5.82 Å². The molecule has 0 spiro atoms. The Balaban J connectivity index is 2.40. The number of nitrogens with one attached hydrogen (secondary N) is 1. The van der Waals surface area contributed by atoms with Crippen molar-refractivity contribution in [1.29, 1.82) is 0 Å². The minimum atomic E-state index is -0.320. The first-order chi connectivity index (χ1) is 8.13. The van der Waals surface area contributed by atoms with E-state index in [4.69, 9.17) is 4.42 Å². The molecule has 0 amide bonds. The maximum absolute atomic E-state index is 13.8. The van der Waals surface area contributed by atoms with E-state index in [1.807, 2.05) is 6.92 Å². The van der Waals surface area contributed by atoms with E-state index >= 15 is 0 Å². The monoisotopic (exact) mass is 235 g/mol. The molecule has 1 atom stereocenters. The lowest BCUT2D eigenvalue weighted by Crippen LogP contribution is -2.12. The number of halogens is 1. The molecule has 1 aromatic carbocycles. The van der Waals surface area contributed by atoms with Crippen molar-refractivity contribution in [2.24, 2.45) is 0 Å². The highest BCUT2D eigenvalue weighted by Crippen LogP contribution is 2.24. The Morgan fingerprint density at radius 1 is 1.35 bits per heavy atom. The molecule has 90 valence electrons. The molecule has 0 aliphatic carbocycles. The van der Waals surface area contributed by atoms with Crippen molar-refractivity contribution < 1.29 is 8.81 Å². The maximum atomic E-state index is 13.8. The summed E-state index contributed by atoms with van der Waals surface area (Å²) in [7, 11) is 1.79. The van der Waals surface area contributed by atoms with E-state index < -0.39 is 0 Å². The maximum Gasteiger partial charge on any atom is 0.250 e. The summed E-state index contributed by atoms with van der Waals surface area (Å²) < 4.78 is 19.3. The van der Waals surface area contributed by atoms with Crippen LogP contribution in [0.25, 0.3) is 11.5 Å². The molecule has 0 saturated carbocycles. The van der Waals surface area contributed by atoms with Gasteiger partial charge < -0.3 is 9.73 Å². The highest BCUT2D eigenvalue weighted by Gasteiger charge is 2.16. The first-order valence-corrected chi connectivity index (χ1v) is 5.39. The van der Waals surface area contributed by atoms with Crippen LogP contribution in [0.2, 0.25) is 0 Å². The average molecular weight is 235 g/mol. The van der Waals surface area contributed by atoms with E-state index in [1.165, 1.54) is 0 Å². The Morgan fingerprint density at radius 3 is 2.82 bits per heavy atom. The average Bonchev–Trinajstić information content (AvgIpc) is 2.81. The summed E-state index contributed by atoms with van der Waals surface area (Å²) in [5.74, 6) is 0.339. The summed E-state index contributed by atoms with van der Waals surface area (Å²) >= 11 is 0. The van der Waals surface area contributed by atoms with Gasteiger partial charge in [0.15, 0.2) is 0 Å². The minimum Gasteiger partial charge on any atom is -0.419 e. The molecule has 0 aliphatic heterocycles. The predicted octanol–water partition coefficient (Wildman–Crippen LogP) is 2.46. The highest BCUT2D eigenvalue weighted by molar-refractivity contribution is 5.55. The Kier molecular flexibility index (Phi) is 3.19. The molecule has 1 N–H and O–H groups in total. The third-order valence-electron chi connectivity index (χ3n) is 2.67. The smallest absolute Gasteiger partial charge is 0.250 e. The summed E-state index contributed by atoms with van der Waals surface area (Å²) in [4.78, 5) is 0. The third-order valence-corrected chi connectivity index (χ3v) is 2.67. The summed E-state index contributed by atoms with van der Waals surface area (Å²) in [5, 5.41) is 10.7. The van der Waals surface area contributed by atoms with Gasteiger partial charge in [0.05, 0.1) is 11.6 Å². The van der Waals surface area contributed by atoms with Crippen molar-refractivity contribution in [3.8, 4) is 11.5 Å². The molecule has 17 heavy (non-hydrogen) atoms. The standard InChI is InChI=1S/C12H14FN3O/c1-7-5-4-6-9(10(7)13)12-16-15-11(17-12)8(2)14-3/h4-6,8,14H,1-3H3. The molecule has 1 heterocycles. The van der Waals surface area contributed by atoms with Crippen molar-refractivity contribution >= 4 is 0 Å². The second-order valence-electron chi connectivity index (χ2n) is 3.89.